The van der Waals surface area contributed by atoms with Gasteiger partial charge in [0.2, 0.25) is 0 Å². The Morgan fingerprint density at radius 2 is 1.85 bits per heavy atom. The first-order chi connectivity index (χ1) is 9.65. The Morgan fingerprint density at radius 3 is 2.50 bits per heavy atom. The van der Waals surface area contributed by atoms with Gasteiger partial charge in [-0.1, -0.05) is 46.3 Å². The van der Waals surface area contributed by atoms with Crippen LogP contribution in [0.3, 0.4) is 0 Å². The van der Waals surface area contributed by atoms with Gasteiger partial charge in [-0.05, 0) is 42.7 Å². The lowest BCUT2D eigenvalue weighted by atomic mass is 10.1. The Bertz CT molecular complexity index is 581. The summed E-state index contributed by atoms with van der Waals surface area (Å²) in [5.41, 5.74) is 11.0. The molecule has 2 rings (SSSR count). The largest absolute Gasteiger partial charge is 0.367 e. The van der Waals surface area contributed by atoms with Crippen LogP contribution in [0.5, 0.6) is 0 Å². The first kappa shape index (κ1) is 15.1. The van der Waals surface area contributed by atoms with Crippen molar-refractivity contribution in [2.45, 2.75) is 26.9 Å². The highest BCUT2D eigenvalue weighted by molar-refractivity contribution is 9.10. The smallest absolute Gasteiger partial charge is 0.0432 e. The van der Waals surface area contributed by atoms with Gasteiger partial charge in [-0.25, -0.2) is 0 Å². The molecule has 0 fully saturated rings. The zero-order valence-corrected chi connectivity index (χ0v) is 13.7. The Kier molecular flexibility index (Phi) is 5.21. The summed E-state index contributed by atoms with van der Waals surface area (Å²) in [7, 11) is 0. The van der Waals surface area contributed by atoms with Crippen molar-refractivity contribution in [1.82, 2.24) is 0 Å². The van der Waals surface area contributed by atoms with E-state index in [0.29, 0.717) is 6.54 Å². The third kappa shape index (κ3) is 3.41. The fourth-order valence-corrected chi connectivity index (χ4v) is 2.71. The molecule has 3 heteroatoms. The topological polar surface area (TPSA) is 29.3 Å². The monoisotopic (exact) mass is 332 g/mol. The lowest BCUT2D eigenvalue weighted by Crippen LogP contribution is -2.24. The summed E-state index contributed by atoms with van der Waals surface area (Å²) < 4.78 is 1.09. The molecule has 0 amide bonds. The molecule has 2 aromatic carbocycles. The Hall–Kier alpha value is -1.32. The molecule has 0 unspecified atom stereocenters. The van der Waals surface area contributed by atoms with Crippen molar-refractivity contribution in [2.75, 3.05) is 11.4 Å². The van der Waals surface area contributed by atoms with Crippen LogP contribution in [0.15, 0.2) is 46.9 Å². The third-order valence-electron chi connectivity index (χ3n) is 3.61. The third-order valence-corrected chi connectivity index (χ3v) is 4.11. The molecule has 106 valence electrons. The molecule has 0 spiro atoms. The van der Waals surface area contributed by atoms with Crippen LogP contribution in [0.4, 0.5) is 5.69 Å². The highest BCUT2D eigenvalue weighted by Gasteiger charge is 2.11. The van der Waals surface area contributed by atoms with Gasteiger partial charge >= 0.3 is 0 Å². The normalized spacial score (nSPS) is 10.6. The van der Waals surface area contributed by atoms with E-state index in [4.69, 9.17) is 5.73 Å². The molecule has 0 heterocycles. The molecule has 0 aliphatic carbocycles. The zero-order chi connectivity index (χ0) is 14.5. The molecule has 0 atom stereocenters. The van der Waals surface area contributed by atoms with E-state index in [1.165, 1.54) is 22.4 Å². The molecule has 2 aromatic rings. The van der Waals surface area contributed by atoms with Crippen LogP contribution in [-0.2, 0) is 13.1 Å². The van der Waals surface area contributed by atoms with E-state index in [-0.39, 0.29) is 0 Å². The number of nitrogens with two attached hydrogens (primary N) is 1. The van der Waals surface area contributed by atoms with E-state index >= 15 is 0 Å². The fourth-order valence-electron chi connectivity index (χ4n) is 2.36. The van der Waals surface area contributed by atoms with Gasteiger partial charge in [-0.15, -0.1) is 0 Å². The molecular formula is C17H21BrN2. The Morgan fingerprint density at radius 1 is 1.10 bits per heavy atom. The molecule has 0 aromatic heterocycles. The minimum Gasteiger partial charge on any atom is -0.367 e. The number of rotatable bonds is 5. The number of halogens is 1. The van der Waals surface area contributed by atoms with Gasteiger partial charge in [0.1, 0.15) is 0 Å². The first-order valence-corrected chi connectivity index (χ1v) is 7.73. The van der Waals surface area contributed by atoms with Gasteiger partial charge in [-0.2, -0.15) is 0 Å². The molecule has 0 aliphatic rings. The standard InChI is InChI=1S/C17H21BrN2/c1-3-20(12-15-7-5-4-6-13(15)2)17-10-16(18)9-8-14(17)11-19/h4-10H,3,11-12,19H2,1-2H3. The quantitative estimate of drug-likeness (QED) is 0.887. The van der Waals surface area contributed by atoms with Gasteiger partial charge in [0, 0.05) is 29.8 Å². The summed E-state index contributed by atoms with van der Waals surface area (Å²) in [6.07, 6.45) is 0. The van der Waals surface area contributed by atoms with E-state index in [1.54, 1.807) is 0 Å². The van der Waals surface area contributed by atoms with Crippen molar-refractivity contribution >= 4 is 21.6 Å². The van der Waals surface area contributed by atoms with Crippen LogP contribution in [0.1, 0.15) is 23.6 Å². The molecule has 2 N–H and O–H groups in total. The second kappa shape index (κ2) is 6.91. The van der Waals surface area contributed by atoms with E-state index in [1.807, 2.05) is 6.07 Å². The maximum Gasteiger partial charge on any atom is 0.0432 e. The molecule has 20 heavy (non-hydrogen) atoms. The molecular weight excluding hydrogens is 312 g/mol. The maximum absolute atomic E-state index is 5.87. The van der Waals surface area contributed by atoms with E-state index in [0.717, 1.165) is 17.6 Å². The highest BCUT2D eigenvalue weighted by atomic mass is 79.9. The summed E-state index contributed by atoms with van der Waals surface area (Å²) in [6, 6.07) is 14.8. The Balaban J connectivity index is 2.33. The van der Waals surface area contributed by atoms with Gasteiger partial charge in [0.05, 0.1) is 0 Å². The van der Waals surface area contributed by atoms with Crippen molar-refractivity contribution in [3.8, 4) is 0 Å². The maximum atomic E-state index is 5.87. The lowest BCUT2D eigenvalue weighted by Gasteiger charge is -2.26. The van der Waals surface area contributed by atoms with Gasteiger partial charge < -0.3 is 10.6 Å². The number of aryl methyl sites for hydroxylation is 1. The molecule has 2 nitrogen and oxygen atoms in total. The van der Waals surface area contributed by atoms with Crippen LogP contribution >= 0.6 is 15.9 Å². The number of hydrogen-bond donors (Lipinski definition) is 1. The van der Waals surface area contributed by atoms with Crippen molar-refractivity contribution < 1.29 is 0 Å². The predicted molar refractivity (Wildman–Crippen MR) is 89.9 cm³/mol. The summed E-state index contributed by atoms with van der Waals surface area (Å²) in [4.78, 5) is 2.37. The minimum atomic E-state index is 0.562. The Labute approximate surface area is 129 Å². The zero-order valence-electron chi connectivity index (χ0n) is 12.1. The van der Waals surface area contributed by atoms with Crippen LogP contribution in [0.25, 0.3) is 0 Å². The molecule has 0 radical (unpaired) electrons. The van der Waals surface area contributed by atoms with Crippen molar-refractivity contribution in [1.29, 1.82) is 0 Å². The molecule has 0 saturated carbocycles. The van der Waals surface area contributed by atoms with Gasteiger partial charge in [-0.3, -0.25) is 0 Å². The number of hydrogen-bond acceptors (Lipinski definition) is 2. The number of anilines is 1. The van der Waals surface area contributed by atoms with Crippen molar-refractivity contribution in [3.63, 3.8) is 0 Å². The molecule has 0 bridgehead atoms. The average Bonchev–Trinajstić information content (AvgIpc) is 2.46. The fraction of sp³-hybridized carbons (Fsp3) is 0.294. The SMILES string of the molecule is CCN(Cc1ccccc1C)c1cc(Br)ccc1CN. The van der Waals surface area contributed by atoms with Gasteiger partial charge in [0.25, 0.3) is 0 Å². The number of nitrogens with zero attached hydrogens (tertiary/aromatic N) is 1. The predicted octanol–water partition coefficient (Wildman–Crippen LogP) is 4.24. The van der Waals surface area contributed by atoms with E-state index < -0.39 is 0 Å². The summed E-state index contributed by atoms with van der Waals surface area (Å²) in [5.74, 6) is 0. The molecule has 0 saturated heterocycles. The van der Waals surface area contributed by atoms with Gasteiger partial charge in [0.15, 0.2) is 0 Å². The van der Waals surface area contributed by atoms with Crippen molar-refractivity contribution in [3.05, 3.63) is 63.6 Å². The first-order valence-electron chi connectivity index (χ1n) is 6.93. The summed E-state index contributed by atoms with van der Waals surface area (Å²) in [5, 5.41) is 0. The summed E-state index contributed by atoms with van der Waals surface area (Å²) in [6.45, 7) is 6.77. The van der Waals surface area contributed by atoms with Crippen molar-refractivity contribution in [2.24, 2.45) is 5.73 Å². The molecule has 0 aliphatic heterocycles. The summed E-state index contributed by atoms with van der Waals surface area (Å²) >= 11 is 3.56. The lowest BCUT2D eigenvalue weighted by molar-refractivity contribution is 0.817. The second-order valence-electron chi connectivity index (χ2n) is 4.92. The van der Waals surface area contributed by atoms with E-state index in [2.05, 4.69) is 71.1 Å². The minimum absolute atomic E-state index is 0.562. The highest BCUT2D eigenvalue weighted by Crippen LogP contribution is 2.26. The van der Waals surface area contributed by atoms with Crippen LogP contribution in [0, 0.1) is 6.92 Å². The number of benzene rings is 2. The van der Waals surface area contributed by atoms with Crippen LogP contribution in [0.2, 0.25) is 0 Å². The van der Waals surface area contributed by atoms with Crippen LogP contribution < -0.4 is 10.6 Å². The van der Waals surface area contributed by atoms with E-state index in [9.17, 15) is 0 Å². The second-order valence-corrected chi connectivity index (χ2v) is 5.83. The average molecular weight is 333 g/mol. The van der Waals surface area contributed by atoms with Crippen LogP contribution in [-0.4, -0.2) is 6.54 Å².